The summed E-state index contributed by atoms with van der Waals surface area (Å²) < 4.78 is 11.1. The van der Waals surface area contributed by atoms with E-state index in [-0.39, 0.29) is 24.0 Å². The standard InChI is InChI=1S/C21H37N7O2.HI/c1-22-20(24-9-4-15-29-17-19-5-16-30-18-19)23-8-3-10-27-11-13-28(14-12-27)21-25-6-2-7-26-21;/h2,6-7,19H,3-5,8-18H2,1H3,(H2,22,23,24);1H. The zero-order chi connectivity index (χ0) is 20.9. The molecule has 1 atom stereocenters. The van der Waals surface area contributed by atoms with Crippen LogP contribution in [0.1, 0.15) is 19.3 Å². The topological polar surface area (TPSA) is 87.1 Å². The molecule has 2 aliphatic heterocycles. The smallest absolute Gasteiger partial charge is 0.225 e. The van der Waals surface area contributed by atoms with Crippen LogP contribution in [0.5, 0.6) is 0 Å². The first-order valence-corrected chi connectivity index (χ1v) is 11.2. The monoisotopic (exact) mass is 547 g/mol. The molecule has 0 radical (unpaired) electrons. The molecule has 0 amide bonds. The Morgan fingerprint density at radius 1 is 1.16 bits per heavy atom. The van der Waals surface area contributed by atoms with Gasteiger partial charge in [-0.05, 0) is 31.9 Å². The van der Waals surface area contributed by atoms with Crippen LogP contribution in [-0.4, -0.2) is 100 Å². The zero-order valence-electron chi connectivity index (χ0n) is 18.7. The van der Waals surface area contributed by atoms with Crippen LogP contribution in [0.15, 0.2) is 23.5 Å². The maximum absolute atomic E-state index is 5.74. The minimum Gasteiger partial charge on any atom is -0.381 e. The van der Waals surface area contributed by atoms with Gasteiger partial charge < -0.3 is 25.0 Å². The number of ether oxygens (including phenoxy) is 2. The number of guanidine groups is 1. The molecule has 9 nitrogen and oxygen atoms in total. The summed E-state index contributed by atoms with van der Waals surface area (Å²) in [5.74, 6) is 2.29. The fraction of sp³-hybridized carbons (Fsp3) is 0.762. The molecule has 31 heavy (non-hydrogen) atoms. The Morgan fingerprint density at radius 2 is 1.90 bits per heavy atom. The molecule has 2 aliphatic rings. The first kappa shape index (κ1) is 26.0. The molecule has 0 aromatic carbocycles. The number of nitrogens with zero attached hydrogens (tertiary/aromatic N) is 5. The average molecular weight is 547 g/mol. The fourth-order valence-corrected chi connectivity index (χ4v) is 3.70. The molecule has 2 saturated heterocycles. The normalized spacial score (nSPS) is 19.8. The summed E-state index contributed by atoms with van der Waals surface area (Å²) in [5, 5.41) is 6.76. The molecule has 0 spiro atoms. The highest BCUT2D eigenvalue weighted by Gasteiger charge is 2.18. The maximum atomic E-state index is 5.74. The van der Waals surface area contributed by atoms with Crippen molar-refractivity contribution in [3.05, 3.63) is 18.5 Å². The van der Waals surface area contributed by atoms with Crippen molar-refractivity contribution in [2.45, 2.75) is 19.3 Å². The van der Waals surface area contributed by atoms with Crippen molar-refractivity contribution in [1.29, 1.82) is 0 Å². The van der Waals surface area contributed by atoms with E-state index in [1.165, 1.54) is 0 Å². The van der Waals surface area contributed by atoms with Gasteiger partial charge in [0.1, 0.15) is 0 Å². The van der Waals surface area contributed by atoms with Crippen molar-refractivity contribution in [3.8, 4) is 0 Å². The largest absolute Gasteiger partial charge is 0.381 e. The molecule has 2 N–H and O–H groups in total. The predicted molar refractivity (Wildman–Crippen MR) is 134 cm³/mol. The van der Waals surface area contributed by atoms with E-state index >= 15 is 0 Å². The summed E-state index contributed by atoms with van der Waals surface area (Å²) >= 11 is 0. The van der Waals surface area contributed by atoms with Crippen LogP contribution in [0.3, 0.4) is 0 Å². The van der Waals surface area contributed by atoms with Crippen molar-refractivity contribution in [3.63, 3.8) is 0 Å². The highest BCUT2D eigenvalue weighted by molar-refractivity contribution is 14.0. The lowest BCUT2D eigenvalue weighted by Crippen LogP contribution is -2.47. The third-order valence-electron chi connectivity index (χ3n) is 5.51. The van der Waals surface area contributed by atoms with E-state index in [2.05, 4.69) is 35.4 Å². The van der Waals surface area contributed by atoms with Crippen LogP contribution < -0.4 is 15.5 Å². The minimum absolute atomic E-state index is 0. The van der Waals surface area contributed by atoms with Crippen LogP contribution >= 0.6 is 24.0 Å². The molecule has 3 rings (SSSR count). The maximum Gasteiger partial charge on any atom is 0.225 e. The second kappa shape index (κ2) is 15.5. The number of halogens is 1. The number of aromatic nitrogens is 2. The van der Waals surface area contributed by atoms with Crippen molar-refractivity contribution in [2.75, 3.05) is 84.2 Å². The quantitative estimate of drug-likeness (QED) is 0.185. The van der Waals surface area contributed by atoms with E-state index in [1.807, 2.05) is 13.1 Å². The van der Waals surface area contributed by atoms with Gasteiger partial charge in [-0.15, -0.1) is 24.0 Å². The average Bonchev–Trinajstić information content (AvgIpc) is 3.32. The van der Waals surface area contributed by atoms with E-state index in [9.17, 15) is 0 Å². The summed E-state index contributed by atoms with van der Waals surface area (Å²) in [6.45, 7) is 10.3. The van der Waals surface area contributed by atoms with E-state index in [0.717, 1.165) is 103 Å². The Hall–Kier alpha value is -1.24. The van der Waals surface area contributed by atoms with Crippen molar-refractivity contribution < 1.29 is 9.47 Å². The fourth-order valence-electron chi connectivity index (χ4n) is 3.70. The zero-order valence-corrected chi connectivity index (χ0v) is 21.0. The summed E-state index contributed by atoms with van der Waals surface area (Å²) in [5.41, 5.74) is 0. The van der Waals surface area contributed by atoms with Gasteiger partial charge in [0.2, 0.25) is 5.95 Å². The SMILES string of the molecule is CN=C(NCCCOCC1CCOC1)NCCCN1CCN(c2ncccn2)CC1.I. The summed E-state index contributed by atoms with van der Waals surface area (Å²) in [6, 6.07) is 1.86. The first-order chi connectivity index (χ1) is 14.8. The van der Waals surface area contributed by atoms with Crippen molar-refractivity contribution >= 4 is 35.9 Å². The Labute approximate surface area is 203 Å². The van der Waals surface area contributed by atoms with Crippen LogP contribution in [0.4, 0.5) is 5.95 Å². The number of hydrogen-bond acceptors (Lipinski definition) is 7. The van der Waals surface area contributed by atoms with Gasteiger partial charge in [-0.1, -0.05) is 0 Å². The Balaban J connectivity index is 0.00000341. The van der Waals surface area contributed by atoms with E-state index < -0.39 is 0 Å². The number of hydrogen-bond donors (Lipinski definition) is 2. The number of aliphatic imine (C=N–C) groups is 1. The lowest BCUT2D eigenvalue weighted by atomic mass is 10.1. The number of rotatable bonds is 11. The van der Waals surface area contributed by atoms with Gasteiger partial charge in [0.25, 0.3) is 0 Å². The third kappa shape index (κ3) is 9.84. The molecule has 2 fully saturated rings. The van der Waals surface area contributed by atoms with Gasteiger partial charge in [-0.25, -0.2) is 9.97 Å². The van der Waals surface area contributed by atoms with Crippen LogP contribution in [-0.2, 0) is 9.47 Å². The van der Waals surface area contributed by atoms with E-state index in [1.54, 1.807) is 12.4 Å². The highest BCUT2D eigenvalue weighted by atomic mass is 127. The molecule has 1 aromatic rings. The Bertz CT molecular complexity index is 609. The molecule has 1 unspecified atom stereocenters. The molecule has 0 bridgehead atoms. The van der Waals surface area contributed by atoms with E-state index in [0.29, 0.717) is 5.92 Å². The van der Waals surface area contributed by atoms with Crippen LogP contribution in [0.25, 0.3) is 0 Å². The lowest BCUT2D eigenvalue weighted by molar-refractivity contribution is 0.0888. The summed E-state index contributed by atoms with van der Waals surface area (Å²) in [6.07, 6.45) is 6.81. The Kier molecular flexibility index (Phi) is 13.0. The molecular weight excluding hydrogens is 509 g/mol. The number of nitrogens with one attached hydrogen (secondary N) is 2. The molecule has 176 valence electrons. The third-order valence-corrected chi connectivity index (χ3v) is 5.51. The van der Waals surface area contributed by atoms with Gasteiger partial charge >= 0.3 is 0 Å². The van der Waals surface area contributed by atoms with Gasteiger partial charge in [0.15, 0.2) is 5.96 Å². The molecule has 0 aliphatic carbocycles. The van der Waals surface area contributed by atoms with Crippen LogP contribution in [0, 0.1) is 5.92 Å². The minimum atomic E-state index is 0. The lowest BCUT2D eigenvalue weighted by Gasteiger charge is -2.34. The molecule has 10 heteroatoms. The summed E-state index contributed by atoms with van der Waals surface area (Å²) in [7, 11) is 1.82. The van der Waals surface area contributed by atoms with Gasteiger partial charge in [-0.3, -0.25) is 9.89 Å². The van der Waals surface area contributed by atoms with Crippen molar-refractivity contribution in [2.24, 2.45) is 10.9 Å². The highest BCUT2D eigenvalue weighted by Crippen LogP contribution is 2.12. The molecule has 0 saturated carbocycles. The first-order valence-electron chi connectivity index (χ1n) is 11.2. The second-order valence-electron chi connectivity index (χ2n) is 7.81. The molecule has 3 heterocycles. The predicted octanol–water partition coefficient (Wildman–Crippen LogP) is 1.21. The van der Waals surface area contributed by atoms with Gasteiger partial charge in [0, 0.05) is 77.8 Å². The number of piperazine rings is 1. The number of anilines is 1. The van der Waals surface area contributed by atoms with E-state index in [4.69, 9.17) is 9.47 Å². The second-order valence-corrected chi connectivity index (χ2v) is 7.81. The molecule has 1 aromatic heterocycles. The Morgan fingerprint density at radius 3 is 2.58 bits per heavy atom. The van der Waals surface area contributed by atoms with Gasteiger partial charge in [0.05, 0.1) is 13.2 Å². The van der Waals surface area contributed by atoms with Crippen LogP contribution in [0.2, 0.25) is 0 Å². The van der Waals surface area contributed by atoms with Gasteiger partial charge in [-0.2, -0.15) is 0 Å². The molecular formula is C21H38IN7O2. The summed E-state index contributed by atoms with van der Waals surface area (Å²) in [4.78, 5) is 17.7. The van der Waals surface area contributed by atoms with Crippen molar-refractivity contribution in [1.82, 2.24) is 25.5 Å².